The first-order valence-corrected chi connectivity index (χ1v) is 7.55. The van der Waals surface area contributed by atoms with Gasteiger partial charge in [-0.15, -0.1) is 11.3 Å². The van der Waals surface area contributed by atoms with E-state index in [0.717, 1.165) is 24.2 Å². The van der Waals surface area contributed by atoms with Gasteiger partial charge in [0, 0.05) is 19.1 Å². The van der Waals surface area contributed by atoms with E-state index in [2.05, 4.69) is 0 Å². The topological polar surface area (TPSA) is 87.2 Å². The number of rotatable bonds is 2. The lowest BCUT2D eigenvalue weighted by Gasteiger charge is -2.29. The summed E-state index contributed by atoms with van der Waals surface area (Å²) in [5.41, 5.74) is 5.78. The van der Waals surface area contributed by atoms with Crippen LogP contribution in [0.2, 0.25) is 0 Å². The Bertz CT molecular complexity index is 544. The van der Waals surface area contributed by atoms with Crippen molar-refractivity contribution in [2.45, 2.75) is 23.1 Å². The molecule has 0 radical (unpaired) electrons. The Labute approximate surface area is 105 Å². The van der Waals surface area contributed by atoms with Gasteiger partial charge in [0.15, 0.2) is 0 Å². The van der Waals surface area contributed by atoms with Crippen LogP contribution in [-0.2, 0) is 10.0 Å². The largest absolute Gasteiger partial charge is 0.327 e. The standard InChI is InChI=1S/C10H13N3O2S2/c11-6-9-3-4-10(16-9)17(14,15)13-5-1-2-8(12)7-13/h3-4,8H,1-2,5,7,12H2/t8-/m1/s1. The molecule has 0 amide bonds. The van der Waals surface area contributed by atoms with E-state index in [1.807, 2.05) is 6.07 Å². The minimum Gasteiger partial charge on any atom is -0.327 e. The maximum atomic E-state index is 12.2. The van der Waals surface area contributed by atoms with Gasteiger partial charge in [-0.3, -0.25) is 0 Å². The van der Waals surface area contributed by atoms with E-state index in [-0.39, 0.29) is 10.3 Å². The van der Waals surface area contributed by atoms with Gasteiger partial charge in [-0.25, -0.2) is 8.42 Å². The molecule has 0 unspecified atom stereocenters. The molecule has 17 heavy (non-hydrogen) atoms. The molecule has 2 N–H and O–H groups in total. The highest BCUT2D eigenvalue weighted by atomic mass is 32.2. The average molecular weight is 271 g/mol. The molecule has 5 nitrogen and oxygen atoms in total. The van der Waals surface area contributed by atoms with E-state index in [4.69, 9.17) is 11.0 Å². The first-order valence-electron chi connectivity index (χ1n) is 5.29. The second-order valence-corrected chi connectivity index (χ2v) is 7.24. The molecule has 1 aliphatic heterocycles. The third-order valence-corrected chi connectivity index (χ3v) is 6.03. The molecule has 0 aliphatic carbocycles. The SMILES string of the molecule is N#Cc1ccc(S(=O)(=O)N2CCC[C@@H](N)C2)s1. The van der Waals surface area contributed by atoms with Gasteiger partial charge in [0.1, 0.15) is 15.2 Å². The summed E-state index contributed by atoms with van der Waals surface area (Å²) in [6, 6.07) is 4.87. The number of hydrogen-bond donors (Lipinski definition) is 1. The number of piperidine rings is 1. The van der Waals surface area contributed by atoms with Crippen LogP contribution in [0.15, 0.2) is 16.3 Å². The molecule has 0 aromatic carbocycles. The summed E-state index contributed by atoms with van der Waals surface area (Å²) in [4.78, 5) is 0.407. The van der Waals surface area contributed by atoms with E-state index >= 15 is 0 Å². The van der Waals surface area contributed by atoms with Crippen molar-refractivity contribution < 1.29 is 8.42 Å². The van der Waals surface area contributed by atoms with Crippen molar-refractivity contribution in [1.82, 2.24) is 4.31 Å². The molecule has 1 aromatic heterocycles. The molecular weight excluding hydrogens is 258 g/mol. The number of thiophene rings is 1. The van der Waals surface area contributed by atoms with Gasteiger partial charge >= 0.3 is 0 Å². The zero-order chi connectivity index (χ0) is 12.5. The van der Waals surface area contributed by atoms with Gasteiger partial charge in [0.05, 0.1) is 0 Å². The lowest BCUT2D eigenvalue weighted by Crippen LogP contribution is -2.45. The number of hydrogen-bond acceptors (Lipinski definition) is 5. The Hall–Kier alpha value is -0.940. The maximum Gasteiger partial charge on any atom is 0.252 e. The quantitative estimate of drug-likeness (QED) is 0.859. The second-order valence-electron chi connectivity index (χ2n) is 4.00. The van der Waals surface area contributed by atoms with Crippen molar-refractivity contribution in [3.63, 3.8) is 0 Å². The van der Waals surface area contributed by atoms with Crippen LogP contribution >= 0.6 is 11.3 Å². The Morgan fingerprint density at radius 2 is 2.29 bits per heavy atom. The lowest BCUT2D eigenvalue weighted by atomic mass is 10.1. The van der Waals surface area contributed by atoms with Gasteiger partial charge in [-0.2, -0.15) is 9.57 Å². The van der Waals surface area contributed by atoms with Gasteiger partial charge in [0.2, 0.25) is 0 Å². The molecule has 1 saturated heterocycles. The predicted molar refractivity (Wildman–Crippen MR) is 65.0 cm³/mol. The summed E-state index contributed by atoms with van der Waals surface area (Å²) in [6.45, 7) is 0.873. The first-order chi connectivity index (χ1) is 8.04. The minimum absolute atomic E-state index is 0.0890. The Morgan fingerprint density at radius 3 is 2.88 bits per heavy atom. The van der Waals surface area contributed by atoms with Gasteiger partial charge in [-0.1, -0.05) is 0 Å². The van der Waals surface area contributed by atoms with Crippen LogP contribution in [0.1, 0.15) is 17.7 Å². The summed E-state index contributed by atoms with van der Waals surface area (Å²) in [5, 5.41) is 8.70. The van der Waals surface area contributed by atoms with Crippen LogP contribution in [0.3, 0.4) is 0 Å². The summed E-state index contributed by atoms with van der Waals surface area (Å²) in [7, 11) is -3.46. The van der Waals surface area contributed by atoms with Crippen LogP contribution in [0.25, 0.3) is 0 Å². The Balaban J connectivity index is 2.27. The minimum atomic E-state index is -3.46. The molecule has 2 heterocycles. The maximum absolute atomic E-state index is 12.2. The molecule has 2 rings (SSSR count). The lowest BCUT2D eigenvalue weighted by molar-refractivity contribution is 0.316. The molecule has 1 aromatic rings. The molecule has 0 spiro atoms. The highest BCUT2D eigenvalue weighted by molar-refractivity contribution is 7.91. The van der Waals surface area contributed by atoms with Crippen molar-refractivity contribution >= 4 is 21.4 Å². The fourth-order valence-electron chi connectivity index (χ4n) is 1.84. The van der Waals surface area contributed by atoms with Crippen LogP contribution in [-0.4, -0.2) is 31.9 Å². The van der Waals surface area contributed by atoms with E-state index in [1.54, 1.807) is 0 Å². The van der Waals surface area contributed by atoms with E-state index in [0.29, 0.717) is 18.0 Å². The fraction of sp³-hybridized carbons (Fsp3) is 0.500. The van der Waals surface area contributed by atoms with Crippen LogP contribution < -0.4 is 5.73 Å². The summed E-state index contributed by atoms with van der Waals surface area (Å²) in [6.07, 6.45) is 1.65. The highest BCUT2D eigenvalue weighted by Crippen LogP contribution is 2.26. The van der Waals surface area contributed by atoms with Gasteiger partial charge < -0.3 is 5.73 Å². The first kappa shape index (κ1) is 12.5. The monoisotopic (exact) mass is 271 g/mol. The van der Waals surface area contributed by atoms with Crippen LogP contribution in [0.4, 0.5) is 0 Å². The van der Waals surface area contributed by atoms with Gasteiger partial charge in [-0.05, 0) is 25.0 Å². The van der Waals surface area contributed by atoms with E-state index < -0.39 is 10.0 Å². The van der Waals surface area contributed by atoms with Crippen molar-refractivity contribution in [1.29, 1.82) is 5.26 Å². The molecule has 1 atom stereocenters. The molecule has 0 bridgehead atoms. The number of nitrogens with zero attached hydrogens (tertiary/aromatic N) is 2. The number of nitrogens with two attached hydrogens (primary N) is 1. The third kappa shape index (κ3) is 2.50. The second kappa shape index (κ2) is 4.74. The van der Waals surface area contributed by atoms with Crippen LogP contribution in [0.5, 0.6) is 0 Å². The van der Waals surface area contributed by atoms with Crippen molar-refractivity contribution in [3.8, 4) is 6.07 Å². The van der Waals surface area contributed by atoms with E-state index in [1.165, 1.54) is 16.4 Å². The van der Waals surface area contributed by atoms with Crippen molar-refractivity contribution in [3.05, 3.63) is 17.0 Å². The molecule has 0 saturated carbocycles. The van der Waals surface area contributed by atoms with Crippen LogP contribution in [0, 0.1) is 11.3 Å². The van der Waals surface area contributed by atoms with Gasteiger partial charge in [0.25, 0.3) is 10.0 Å². The zero-order valence-corrected chi connectivity index (χ0v) is 10.8. The van der Waals surface area contributed by atoms with Crippen molar-refractivity contribution in [2.75, 3.05) is 13.1 Å². The highest BCUT2D eigenvalue weighted by Gasteiger charge is 2.29. The smallest absolute Gasteiger partial charge is 0.252 e. The Morgan fingerprint density at radius 1 is 1.53 bits per heavy atom. The molecule has 1 aliphatic rings. The molecular formula is C10H13N3O2S2. The normalized spacial score (nSPS) is 22.2. The summed E-state index contributed by atoms with van der Waals surface area (Å²) >= 11 is 1.00. The zero-order valence-electron chi connectivity index (χ0n) is 9.17. The fourth-order valence-corrected chi connectivity index (χ4v) is 4.63. The molecule has 1 fully saturated rings. The predicted octanol–water partition coefficient (Wildman–Crippen LogP) is 0.732. The summed E-state index contributed by atoms with van der Waals surface area (Å²) < 4.78 is 26.1. The summed E-state index contributed by atoms with van der Waals surface area (Å²) in [5.74, 6) is 0. The average Bonchev–Trinajstić information content (AvgIpc) is 2.78. The van der Waals surface area contributed by atoms with E-state index in [9.17, 15) is 8.42 Å². The van der Waals surface area contributed by atoms with Crippen molar-refractivity contribution in [2.24, 2.45) is 5.73 Å². The molecule has 92 valence electrons. The third-order valence-electron chi connectivity index (χ3n) is 2.71. The Kier molecular flexibility index (Phi) is 3.49. The molecule has 7 heteroatoms. The number of sulfonamides is 1. The number of nitriles is 1.